The third-order valence-electron chi connectivity index (χ3n) is 3.18. The first kappa shape index (κ1) is 15.2. The summed E-state index contributed by atoms with van der Waals surface area (Å²) in [5.74, 6) is 2.04. The van der Waals surface area contributed by atoms with Crippen LogP contribution in [0.5, 0.6) is 0 Å². The molecule has 0 spiro atoms. The number of rotatable bonds is 7. The van der Waals surface area contributed by atoms with Crippen molar-refractivity contribution in [1.29, 1.82) is 0 Å². The van der Waals surface area contributed by atoms with Gasteiger partial charge in [0, 0.05) is 11.9 Å². The van der Waals surface area contributed by atoms with Crippen molar-refractivity contribution >= 4 is 6.21 Å². The SMILES string of the molecule is C=C(CCC)/N=C\C=C/C(C)C(C)C(C)C. The Kier molecular flexibility index (Phi) is 7.88. The first-order chi connectivity index (χ1) is 7.49. The molecule has 0 radical (unpaired) electrons. The minimum absolute atomic E-state index is 0.603. The molecule has 0 aliphatic carbocycles. The average molecular weight is 221 g/mol. The Hall–Kier alpha value is -0.850. The Morgan fingerprint density at radius 2 is 1.88 bits per heavy atom. The molecule has 0 aromatic heterocycles. The van der Waals surface area contributed by atoms with Crippen molar-refractivity contribution < 1.29 is 0 Å². The van der Waals surface area contributed by atoms with E-state index in [1.54, 1.807) is 0 Å². The van der Waals surface area contributed by atoms with Gasteiger partial charge in [-0.15, -0.1) is 0 Å². The lowest BCUT2D eigenvalue weighted by atomic mass is 9.86. The second-order valence-corrected chi connectivity index (χ2v) is 4.94. The summed E-state index contributed by atoms with van der Waals surface area (Å²) in [5.41, 5.74) is 0.969. The summed E-state index contributed by atoms with van der Waals surface area (Å²) in [6.07, 6.45) is 8.24. The molecule has 2 atom stereocenters. The predicted molar refractivity (Wildman–Crippen MR) is 74.8 cm³/mol. The molecule has 2 unspecified atom stereocenters. The summed E-state index contributed by atoms with van der Waals surface area (Å²) in [6.45, 7) is 15.1. The number of nitrogens with zero attached hydrogens (tertiary/aromatic N) is 1. The van der Waals surface area contributed by atoms with E-state index in [1.807, 2.05) is 12.3 Å². The molecule has 92 valence electrons. The van der Waals surface area contributed by atoms with E-state index in [0.29, 0.717) is 11.8 Å². The first-order valence-electron chi connectivity index (χ1n) is 6.37. The van der Waals surface area contributed by atoms with Gasteiger partial charge in [-0.05, 0) is 30.3 Å². The van der Waals surface area contributed by atoms with Gasteiger partial charge >= 0.3 is 0 Å². The summed E-state index contributed by atoms with van der Waals surface area (Å²) in [6, 6.07) is 0. The molecule has 1 nitrogen and oxygen atoms in total. The Morgan fingerprint density at radius 1 is 1.25 bits per heavy atom. The lowest BCUT2D eigenvalue weighted by Crippen LogP contribution is -2.11. The van der Waals surface area contributed by atoms with Crippen molar-refractivity contribution in [2.24, 2.45) is 22.7 Å². The van der Waals surface area contributed by atoms with E-state index in [-0.39, 0.29) is 0 Å². The smallest absolute Gasteiger partial charge is 0.0331 e. The van der Waals surface area contributed by atoms with Crippen molar-refractivity contribution in [1.82, 2.24) is 0 Å². The van der Waals surface area contributed by atoms with Gasteiger partial charge < -0.3 is 0 Å². The summed E-state index contributed by atoms with van der Waals surface area (Å²) in [7, 11) is 0. The first-order valence-corrected chi connectivity index (χ1v) is 6.37. The zero-order valence-electron chi connectivity index (χ0n) is 11.5. The van der Waals surface area contributed by atoms with Crippen molar-refractivity contribution in [3.63, 3.8) is 0 Å². The van der Waals surface area contributed by atoms with Crippen LogP contribution in [0.4, 0.5) is 0 Å². The zero-order chi connectivity index (χ0) is 12.6. The molecule has 0 saturated heterocycles. The maximum Gasteiger partial charge on any atom is 0.0331 e. The fourth-order valence-corrected chi connectivity index (χ4v) is 1.51. The second-order valence-electron chi connectivity index (χ2n) is 4.94. The van der Waals surface area contributed by atoms with Crippen molar-refractivity contribution in [2.45, 2.75) is 47.5 Å². The normalized spacial score (nSPS) is 16.1. The highest BCUT2D eigenvalue weighted by molar-refractivity contribution is 5.72. The van der Waals surface area contributed by atoms with Crippen LogP contribution in [0.25, 0.3) is 0 Å². The minimum atomic E-state index is 0.603. The van der Waals surface area contributed by atoms with Crippen molar-refractivity contribution in [2.75, 3.05) is 0 Å². The van der Waals surface area contributed by atoms with E-state index in [4.69, 9.17) is 0 Å². The van der Waals surface area contributed by atoms with Crippen LogP contribution in [0.3, 0.4) is 0 Å². The molecule has 0 aliphatic heterocycles. The molecule has 0 aliphatic rings. The van der Waals surface area contributed by atoms with Crippen LogP contribution >= 0.6 is 0 Å². The predicted octanol–water partition coefficient (Wildman–Crippen LogP) is 4.86. The Balaban J connectivity index is 4.05. The van der Waals surface area contributed by atoms with Crippen LogP contribution in [0.1, 0.15) is 47.5 Å². The Morgan fingerprint density at radius 3 is 2.38 bits per heavy atom. The molecule has 1 heteroatoms. The van der Waals surface area contributed by atoms with Crippen LogP contribution in [0.2, 0.25) is 0 Å². The maximum atomic E-state index is 4.28. The number of aliphatic imine (C=N–C) groups is 1. The highest BCUT2D eigenvalue weighted by Crippen LogP contribution is 2.20. The largest absolute Gasteiger partial charge is 0.262 e. The average Bonchev–Trinajstić information content (AvgIpc) is 2.23. The van der Waals surface area contributed by atoms with Crippen molar-refractivity contribution in [3.05, 3.63) is 24.4 Å². The molecule has 0 amide bonds. The van der Waals surface area contributed by atoms with Gasteiger partial charge in [-0.1, -0.05) is 53.7 Å². The van der Waals surface area contributed by atoms with E-state index in [1.165, 1.54) is 0 Å². The Bertz CT molecular complexity index is 248. The van der Waals surface area contributed by atoms with E-state index in [2.05, 4.69) is 52.3 Å². The second kappa shape index (κ2) is 8.32. The van der Waals surface area contributed by atoms with E-state index in [9.17, 15) is 0 Å². The van der Waals surface area contributed by atoms with E-state index >= 15 is 0 Å². The fourth-order valence-electron chi connectivity index (χ4n) is 1.51. The summed E-state index contributed by atoms with van der Waals surface area (Å²) in [4.78, 5) is 4.28. The molecule has 0 bridgehead atoms. The van der Waals surface area contributed by atoms with Gasteiger partial charge in [-0.3, -0.25) is 4.99 Å². The fraction of sp³-hybridized carbons (Fsp3) is 0.667. The van der Waals surface area contributed by atoms with Crippen LogP contribution in [-0.4, -0.2) is 6.21 Å². The van der Waals surface area contributed by atoms with E-state index < -0.39 is 0 Å². The van der Waals surface area contributed by atoms with Crippen molar-refractivity contribution in [3.8, 4) is 0 Å². The molecular formula is C15H27N. The van der Waals surface area contributed by atoms with Crippen LogP contribution in [0, 0.1) is 17.8 Å². The van der Waals surface area contributed by atoms with Gasteiger partial charge in [0.05, 0.1) is 0 Å². The standard InChI is InChI=1S/C15H27N/c1-7-9-14(5)16-11-8-10-13(4)15(6)12(2)3/h8,10-13,15H,5,7,9H2,1-4,6H3/b10-8-,16-11-. The topological polar surface area (TPSA) is 12.4 Å². The van der Waals surface area contributed by atoms with Gasteiger partial charge in [0.1, 0.15) is 0 Å². The number of allylic oxidation sites excluding steroid dienone is 3. The summed E-state index contributed by atoms with van der Waals surface area (Å²) >= 11 is 0. The third-order valence-corrected chi connectivity index (χ3v) is 3.18. The molecule has 16 heavy (non-hydrogen) atoms. The lowest BCUT2D eigenvalue weighted by Gasteiger charge is -2.20. The molecule has 0 aromatic carbocycles. The zero-order valence-corrected chi connectivity index (χ0v) is 11.5. The molecule has 0 saturated carbocycles. The summed E-state index contributed by atoms with van der Waals surface area (Å²) in [5, 5.41) is 0. The molecule has 0 N–H and O–H groups in total. The lowest BCUT2D eigenvalue weighted by molar-refractivity contribution is 0.343. The number of hydrogen-bond donors (Lipinski definition) is 0. The molecular weight excluding hydrogens is 194 g/mol. The van der Waals surface area contributed by atoms with Gasteiger partial charge in [0.15, 0.2) is 0 Å². The van der Waals surface area contributed by atoms with E-state index in [0.717, 1.165) is 24.5 Å². The third kappa shape index (κ3) is 6.60. The monoisotopic (exact) mass is 221 g/mol. The molecule has 0 aromatic rings. The van der Waals surface area contributed by atoms with Gasteiger partial charge in [-0.25, -0.2) is 0 Å². The Labute approximate surface area is 101 Å². The van der Waals surface area contributed by atoms with Crippen LogP contribution in [0.15, 0.2) is 29.4 Å². The molecule has 0 heterocycles. The highest BCUT2D eigenvalue weighted by Gasteiger charge is 2.12. The van der Waals surface area contributed by atoms with Crippen LogP contribution < -0.4 is 0 Å². The maximum absolute atomic E-state index is 4.28. The molecule has 0 fully saturated rings. The highest BCUT2D eigenvalue weighted by atomic mass is 14.7. The summed E-state index contributed by atoms with van der Waals surface area (Å²) < 4.78 is 0. The van der Waals surface area contributed by atoms with Gasteiger partial charge in [0.25, 0.3) is 0 Å². The van der Waals surface area contributed by atoms with Crippen LogP contribution in [-0.2, 0) is 0 Å². The number of hydrogen-bond acceptors (Lipinski definition) is 1. The minimum Gasteiger partial charge on any atom is -0.262 e. The van der Waals surface area contributed by atoms with Gasteiger partial charge in [-0.2, -0.15) is 0 Å². The molecule has 0 rings (SSSR count). The quantitative estimate of drug-likeness (QED) is 0.545. The van der Waals surface area contributed by atoms with Gasteiger partial charge in [0.2, 0.25) is 0 Å².